The maximum atomic E-state index is 13.5. The third-order valence-electron chi connectivity index (χ3n) is 6.76. The van der Waals surface area contributed by atoms with Crippen molar-refractivity contribution in [2.24, 2.45) is 17.1 Å². The Morgan fingerprint density at radius 2 is 1.97 bits per heavy atom. The lowest BCUT2D eigenvalue weighted by Gasteiger charge is -2.37. The Balaban J connectivity index is 1.96. The van der Waals surface area contributed by atoms with Gasteiger partial charge in [-0.05, 0) is 42.7 Å². The first kappa shape index (κ1) is 29.3. The predicted molar refractivity (Wildman–Crippen MR) is 141 cm³/mol. The summed E-state index contributed by atoms with van der Waals surface area (Å²) in [5.74, 6) is -0.331. The normalized spacial score (nSPS) is 18.5. The summed E-state index contributed by atoms with van der Waals surface area (Å²) in [6.07, 6.45) is 4.00. The Hall–Kier alpha value is -1.96. The molecule has 7 nitrogen and oxygen atoms in total. The number of hydrogen-bond acceptors (Lipinski definition) is 5. The first-order valence-corrected chi connectivity index (χ1v) is 13.3. The van der Waals surface area contributed by atoms with Gasteiger partial charge in [-0.15, -0.1) is 0 Å². The second kappa shape index (κ2) is 14.0. The van der Waals surface area contributed by atoms with E-state index in [-0.39, 0.29) is 23.8 Å². The number of carbonyl (C=O) groups is 2. The Morgan fingerprint density at radius 3 is 2.66 bits per heavy atom. The standard InChI is InChI=1S/C28H47N3O4/c1-6-8-13-30-27(34)20(3)15-25(32)23(29)17-28(4,5)18-26(33)31-19-22(35-14-7-2)16-21-11-9-10-12-24(21)31/h9-12,20,22-23,25,32H,6-8,13-19,29H2,1-5H3,(H,30,34)/t20-,22-,23+,25+/m1/s1. The summed E-state index contributed by atoms with van der Waals surface area (Å²) in [5, 5.41) is 13.6. The molecule has 35 heavy (non-hydrogen) atoms. The van der Waals surface area contributed by atoms with E-state index in [0.717, 1.165) is 36.9 Å². The van der Waals surface area contributed by atoms with Gasteiger partial charge >= 0.3 is 0 Å². The summed E-state index contributed by atoms with van der Waals surface area (Å²) in [7, 11) is 0. The van der Waals surface area contributed by atoms with Crippen LogP contribution in [0.2, 0.25) is 0 Å². The maximum absolute atomic E-state index is 13.5. The highest BCUT2D eigenvalue weighted by molar-refractivity contribution is 5.95. The SMILES string of the molecule is CCCCNC(=O)[C@H](C)C[C@H](O)[C@@H](N)CC(C)(C)CC(=O)N1C[C@H](OCCC)Cc2ccccc21. The zero-order valence-corrected chi connectivity index (χ0v) is 22.4. The van der Waals surface area contributed by atoms with E-state index >= 15 is 0 Å². The van der Waals surface area contributed by atoms with Crippen LogP contribution < -0.4 is 16.0 Å². The van der Waals surface area contributed by atoms with Crippen molar-refractivity contribution in [2.45, 2.75) is 97.8 Å². The minimum atomic E-state index is -0.807. The molecule has 7 heteroatoms. The molecule has 0 spiro atoms. The first-order chi connectivity index (χ1) is 16.6. The largest absolute Gasteiger partial charge is 0.391 e. The molecule has 0 saturated heterocycles. The zero-order chi connectivity index (χ0) is 26.0. The molecule has 0 aliphatic carbocycles. The summed E-state index contributed by atoms with van der Waals surface area (Å²) in [4.78, 5) is 27.6. The molecule has 0 radical (unpaired) electrons. The van der Waals surface area contributed by atoms with Crippen molar-refractivity contribution in [3.8, 4) is 0 Å². The highest BCUT2D eigenvalue weighted by Gasteiger charge is 2.34. The Kier molecular flexibility index (Phi) is 11.7. The van der Waals surface area contributed by atoms with E-state index in [4.69, 9.17) is 10.5 Å². The number of nitrogens with zero attached hydrogens (tertiary/aromatic N) is 1. The molecule has 2 amide bonds. The second-order valence-corrected chi connectivity index (χ2v) is 10.9. The molecule has 0 unspecified atom stereocenters. The number of rotatable bonds is 14. The average Bonchev–Trinajstić information content (AvgIpc) is 2.81. The fourth-order valence-corrected chi connectivity index (χ4v) is 4.75. The molecule has 2 rings (SSSR count). The lowest BCUT2D eigenvalue weighted by atomic mass is 9.79. The van der Waals surface area contributed by atoms with Crippen molar-refractivity contribution in [3.05, 3.63) is 29.8 Å². The number of para-hydroxylation sites is 1. The molecule has 4 N–H and O–H groups in total. The summed E-state index contributed by atoms with van der Waals surface area (Å²) < 4.78 is 6.00. The van der Waals surface area contributed by atoms with Gasteiger partial charge in [-0.1, -0.05) is 59.2 Å². The fraction of sp³-hybridized carbons (Fsp3) is 0.714. The van der Waals surface area contributed by atoms with Crippen LogP contribution in [0.25, 0.3) is 0 Å². The van der Waals surface area contributed by atoms with Crippen molar-refractivity contribution < 1.29 is 19.4 Å². The van der Waals surface area contributed by atoms with Crippen LogP contribution in [0.4, 0.5) is 5.69 Å². The van der Waals surface area contributed by atoms with E-state index in [2.05, 4.69) is 25.2 Å². The van der Waals surface area contributed by atoms with Gasteiger partial charge < -0.3 is 25.8 Å². The minimum absolute atomic E-state index is 0.00838. The summed E-state index contributed by atoms with van der Waals surface area (Å²) in [6, 6.07) is 7.51. The molecular weight excluding hydrogens is 442 g/mol. The van der Waals surface area contributed by atoms with Gasteiger partial charge in [0.05, 0.1) is 18.8 Å². The number of amides is 2. The molecular formula is C28H47N3O4. The highest BCUT2D eigenvalue weighted by Crippen LogP contribution is 2.33. The lowest BCUT2D eigenvalue weighted by Crippen LogP contribution is -2.46. The van der Waals surface area contributed by atoms with E-state index in [1.807, 2.05) is 43.9 Å². The maximum Gasteiger partial charge on any atom is 0.227 e. The third-order valence-corrected chi connectivity index (χ3v) is 6.76. The van der Waals surface area contributed by atoms with E-state index in [0.29, 0.717) is 39.0 Å². The van der Waals surface area contributed by atoms with Gasteiger partial charge in [0, 0.05) is 43.6 Å². The number of anilines is 1. The smallest absolute Gasteiger partial charge is 0.227 e. The molecule has 1 aliphatic heterocycles. The Bertz CT molecular complexity index is 813. The highest BCUT2D eigenvalue weighted by atomic mass is 16.5. The number of ether oxygens (including phenoxy) is 1. The van der Waals surface area contributed by atoms with Gasteiger partial charge in [0.15, 0.2) is 0 Å². The van der Waals surface area contributed by atoms with Crippen molar-refractivity contribution in [1.82, 2.24) is 5.32 Å². The van der Waals surface area contributed by atoms with Crippen molar-refractivity contribution in [2.75, 3.05) is 24.6 Å². The van der Waals surface area contributed by atoms with Crippen LogP contribution in [-0.4, -0.2) is 54.9 Å². The van der Waals surface area contributed by atoms with Crippen LogP contribution in [0.5, 0.6) is 0 Å². The molecule has 0 saturated carbocycles. The van der Waals surface area contributed by atoms with Gasteiger partial charge in [0.2, 0.25) is 11.8 Å². The number of unbranched alkanes of at least 4 members (excludes halogenated alkanes) is 1. The predicted octanol–water partition coefficient (Wildman–Crippen LogP) is 3.81. The van der Waals surface area contributed by atoms with Crippen molar-refractivity contribution in [1.29, 1.82) is 0 Å². The van der Waals surface area contributed by atoms with Crippen LogP contribution in [-0.2, 0) is 20.7 Å². The average molecular weight is 490 g/mol. The van der Waals surface area contributed by atoms with Crippen molar-refractivity contribution >= 4 is 17.5 Å². The summed E-state index contributed by atoms with van der Waals surface area (Å²) in [6.45, 7) is 11.9. The molecule has 0 aromatic heterocycles. The fourth-order valence-electron chi connectivity index (χ4n) is 4.75. The number of aliphatic hydroxyl groups excluding tert-OH is 1. The Labute approximate surface area is 211 Å². The number of nitrogens with two attached hydrogens (primary N) is 1. The topological polar surface area (TPSA) is 105 Å². The van der Waals surface area contributed by atoms with Gasteiger partial charge in [-0.25, -0.2) is 0 Å². The van der Waals surface area contributed by atoms with Crippen LogP contribution in [0.15, 0.2) is 24.3 Å². The molecule has 1 aromatic rings. The first-order valence-electron chi connectivity index (χ1n) is 13.3. The van der Waals surface area contributed by atoms with Gasteiger partial charge in [-0.2, -0.15) is 0 Å². The number of fused-ring (bicyclic) bond motifs is 1. The molecule has 1 aromatic carbocycles. The molecule has 4 atom stereocenters. The summed E-state index contributed by atoms with van der Waals surface area (Å²) in [5.41, 5.74) is 8.03. The zero-order valence-electron chi connectivity index (χ0n) is 22.4. The number of carbonyl (C=O) groups excluding carboxylic acids is 2. The summed E-state index contributed by atoms with van der Waals surface area (Å²) >= 11 is 0. The van der Waals surface area contributed by atoms with Crippen LogP contribution in [0.3, 0.4) is 0 Å². The molecule has 0 fully saturated rings. The molecule has 0 bridgehead atoms. The quantitative estimate of drug-likeness (QED) is 0.345. The molecule has 198 valence electrons. The number of aliphatic hydroxyl groups is 1. The van der Waals surface area contributed by atoms with Crippen LogP contribution >= 0.6 is 0 Å². The lowest BCUT2D eigenvalue weighted by molar-refractivity contribution is -0.125. The third kappa shape index (κ3) is 9.21. The van der Waals surface area contributed by atoms with Gasteiger partial charge in [0.1, 0.15) is 0 Å². The van der Waals surface area contributed by atoms with Crippen LogP contribution in [0.1, 0.15) is 78.7 Å². The Morgan fingerprint density at radius 1 is 1.26 bits per heavy atom. The van der Waals surface area contributed by atoms with E-state index < -0.39 is 17.6 Å². The van der Waals surface area contributed by atoms with Crippen molar-refractivity contribution in [3.63, 3.8) is 0 Å². The number of benzene rings is 1. The van der Waals surface area contributed by atoms with Crippen LogP contribution in [0, 0.1) is 11.3 Å². The van der Waals surface area contributed by atoms with E-state index in [9.17, 15) is 14.7 Å². The monoisotopic (exact) mass is 489 g/mol. The molecule has 1 heterocycles. The second-order valence-electron chi connectivity index (χ2n) is 10.9. The van der Waals surface area contributed by atoms with Gasteiger partial charge in [-0.3, -0.25) is 9.59 Å². The van der Waals surface area contributed by atoms with Gasteiger partial charge in [0.25, 0.3) is 0 Å². The van der Waals surface area contributed by atoms with E-state index in [1.165, 1.54) is 0 Å². The number of hydrogen-bond donors (Lipinski definition) is 3. The van der Waals surface area contributed by atoms with E-state index in [1.54, 1.807) is 0 Å². The number of nitrogens with one attached hydrogen (secondary N) is 1. The molecule has 1 aliphatic rings. The minimum Gasteiger partial charge on any atom is -0.391 e.